The molecule has 2 heterocycles. The molecule has 2 rings (SSSR count). The number of aromatic nitrogens is 2. The van der Waals surface area contributed by atoms with Gasteiger partial charge in [-0.15, -0.1) is 0 Å². The summed E-state index contributed by atoms with van der Waals surface area (Å²) in [5.74, 6) is 0.784. The van der Waals surface area contributed by atoms with Crippen LogP contribution in [-0.2, 0) is 0 Å². The van der Waals surface area contributed by atoms with E-state index in [1.54, 1.807) is 30.6 Å². The Balaban J connectivity index is 2.19. The quantitative estimate of drug-likeness (QED) is 0.891. The third-order valence-corrected chi connectivity index (χ3v) is 2.78. The van der Waals surface area contributed by atoms with Crippen LogP contribution in [0.2, 0.25) is 0 Å². The number of carbonyl (C=O) groups is 1. The lowest BCUT2D eigenvalue weighted by molar-refractivity contribution is 0.0949. The molecule has 5 heteroatoms. The van der Waals surface area contributed by atoms with E-state index in [0.717, 1.165) is 5.56 Å². The third-order valence-electron chi connectivity index (χ3n) is 2.78. The van der Waals surface area contributed by atoms with Crippen LogP contribution in [-0.4, -0.2) is 22.4 Å². The van der Waals surface area contributed by atoms with Crippen LogP contribution < -0.4 is 11.1 Å². The minimum Gasteiger partial charge on any atom is -0.384 e. The van der Waals surface area contributed by atoms with Crippen molar-refractivity contribution in [3.8, 4) is 11.3 Å². The zero-order chi connectivity index (χ0) is 14.5. The molecule has 0 saturated carbocycles. The number of anilines is 1. The Labute approximate surface area is 118 Å². The first-order chi connectivity index (χ1) is 9.56. The molecule has 104 valence electrons. The van der Waals surface area contributed by atoms with E-state index >= 15 is 0 Å². The van der Waals surface area contributed by atoms with Crippen LogP contribution in [0, 0.1) is 5.92 Å². The van der Waals surface area contributed by atoms with Crippen LogP contribution in [0.4, 0.5) is 5.82 Å². The van der Waals surface area contributed by atoms with Crippen LogP contribution >= 0.6 is 0 Å². The van der Waals surface area contributed by atoms with Crippen molar-refractivity contribution >= 4 is 11.7 Å². The van der Waals surface area contributed by atoms with Gasteiger partial charge < -0.3 is 11.1 Å². The molecule has 0 aliphatic rings. The highest BCUT2D eigenvalue weighted by Crippen LogP contribution is 2.17. The number of hydrogen-bond donors (Lipinski definition) is 2. The van der Waals surface area contributed by atoms with E-state index in [-0.39, 0.29) is 5.91 Å². The van der Waals surface area contributed by atoms with Crippen molar-refractivity contribution in [3.63, 3.8) is 0 Å². The normalized spacial score (nSPS) is 10.6. The number of nitrogens with two attached hydrogens (primary N) is 1. The topological polar surface area (TPSA) is 80.9 Å². The number of pyridine rings is 2. The van der Waals surface area contributed by atoms with Gasteiger partial charge in [0, 0.05) is 30.1 Å². The average Bonchev–Trinajstić information content (AvgIpc) is 2.45. The molecule has 0 unspecified atom stereocenters. The van der Waals surface area contributed by atoms with E-state index in [9.17, 15) is 4.79 Å². The first-order valence-electron chi connectivity index (χ1n) is 6.52. The summed E-state index contributed by atoms with van der Waals surface area (Å²) in [6.45, 7) is 4.76. The number of amides is 1. The van der Waals surface area contributed by atoms with Crippen molar-refractivity contribution in [2.45, 2.75) is 13.8 Å². The molecule has 0 aliphatic heterocycles. The van der Waals surface area contributed by atoms with E-state index in [1.807, 2.05) is 6.07 Å². The Morgan fingerprint density at radius 1 is 1.30 bits per heavy atom. The first kappa shape index (κ1) is 14.0. The van der Waals surface area contributed by atoms with Crippen LogP contribution in [0.15, 0.2) is 36.7 Å². The summed E-state index contributed by atoms with van der Waals surface area (Å²) in [5, 5.41) is 2.88. The highest BCUT2D eigenvalue weighted by Gasteiger charge is 2.08. The van der Waals surface area contributed by atoms with Crippen LogP contribution in [0.5, 0.6) is 0 Å². The zero-order valence-electron chi connectivity index (χ0n) is 11.6. The van der Waals surface area contributed by atoms with E-state index in [1.165, 1.54) is 0 Å². The second kappa shape index (κ2) is 6.14. The minimum atomic E-state index is -0.0919. The van der Waals surface area contributed by atoms with Gasteiger partial charge in [-0.25, -0.2) is 4.98 Å². The predicted molar refractivity (Wildman–Crippen MR) is 79.1 cm³/mol. The summed E-state index contributed by atoms with van der Waals surface area (Å²) in [4.78, 5) is 20.3. The Bertz CT molecular complexity index is 593. The molecular formula is C15H18N4O. The molecule has 3 N–H and O–H groups in total. The Kier molecular flexibility index (Phi) is 4.30. The molecule has 1 amide bonds. The molecule has 0 atom stereocenters. The van der Waals surface area contributed by atoms with Gasteiger partial charge in [-0.1, -0.05) is 13.8 Å². The summed E-state index contributed by atoms with van der Waals surface area (Å²) in [5.41, 5.74) is 7.68. The number of rotatable bonds is 4. The van der Waals surface area contributed by atoms with Crippen molar-refractivity contribution in [1.82, 2.24) is 15.3 Å². The lowest BCUT2D eigenvalue weighted by Crippen LogP contribution is -2.27. The van der Waals surface area contributed by atoms with Crippen LogP contribution in [0.25, 0.3) is 11.3 Å². The van der Waals surface area contributed by atoms with Crippen molar-refractivity contribution in [3.05, 3.63) is 42.2 Å². The van der Waals surface area contributed by atoms with Gasteiger partial charge in [0.05, 0.1) is 5.69 Å². The van der Waals surface area contributed by atoms with Crippen molar-refractivity contribution < 1.29 is 4.79 Å². The lowest BCUT2D eigenvalue weighted by Gasteiger charge is -2.08. The van der Waals surface area contributed by atoms with Gasteiger partial charge in [0.2, 0.25) is 0 Å². The predicted octanol–water partition coefficient (Wildman–Crippen LogP) is 2.11. The maximum Gasteiger partial charge on any atom is 0.251 e. The van der Waals surface area contributed by atoms with E-state index in [4.69, 9.17) is 5.73 Å². The highest BCUT2D eigenvalue weighted by molar-refractivity contribution is 5.95. The fourth-order valence-corrected chi connectivity index (χ4v) is 1.69. The van der Waals surface area contributed by atoms with Gasteiger partial charge in [0.25, 0.3) is 5.91 Å². The van der Waals surface area contributed by atoms with Gasteiger partial charge in [0.1, 0.15) is 5.82 Å². The number of nitrogens with one attached hydrogen (secondary N) is 1. The second-order valence-electron chi connectivity index (χ2n) is 5.01. The number of nitrogens with zero attached hydrogens (tertiary/aromatic N) is 2. The van der Waals surface area contributed by atoms with Gasteiger partial charge in [-0.3, -0.25) is 9.78 Å². The molecule has 0 spiro atoms. The summed E-state index contributed by atoms with van der Waals surface area (Å²) in [7, 11) is 0. The Morgan fingerprint density at radius 2 is 2.10 bits per heavy atom. The van der Waals surface area contributed by atoms with Crippen LogP contribution in [0.3, 0.4) is 0 Å². The second-order valence-corrected chi connectivity index (χ2v) is 5.01. The number of carbonyl (C=O) groups excluding carboxylic acids is 1. The monoisotopic (exact) mass is 270 g/mol. The minimum absolute atomic E-state index is 0.0919. The SMILES string of the molecule is CC(C)CNC(=O)c1ccnc(-c2ccc(N)nc2)c1. The maximum atomic E-state index is 12.0. The fraction of sp³-hybridized carbons (Fsp3) is 0.267. The van der Waals surface area contributed by atoms with E-state index < -0.39 is 0 Å². The Morgan fingerprint density at radius 3 is 2.75 bits per heavy atom. The van der Waals surface area contributed by atoms with Gasteiger partial charge in [-0.05, 0) is 30.2 Å². The molecule has 5 nitrogen and oxygen atoms in total. The van der Waals surface area contributed by atoms with Gasteiger partial charge in [-0.2, -0.15) is 0 Å². The molecule has 0 saturated heterocycles. The summed E-state index contributed by atoms with van der Waals surface area (Å²) in [6, 6.07) is 7.00. The summed E-state index contributed by atoms with van der Waals surface area (Å²) in [6.07, 6.45) is 3.27. The lowest BCUT2D eigenvalue weighted by atomic mass is 10.1. The average molecular weight is 270 g/mol. The standard InChI is InChI=1S/C15H18N4O/c1-10(2)8-19-15(20)11-5-6-17-13(7-11)12-3-4-14(16)18-9-12/h3-7,9-10H,8H2,1-2H3,(H2,16,18)(H,19,20). The van der Waals surface area contributed by atoms with E-state index in [0.29, 0.717) is 29.5 Å². The van der Waals surface area contributed by atoms with Crippen molar-refractivity contribution in [2.75, 3.05) is 12.3 Å². The largest absolute Gasteiger partial charge is 0.384 e. The fourth-order valence-electron chi connectivity index (χ4n) is 1.69. The highest BCUT2D eigenvalue weighted by atomic mass is 16.1. The zero-order valence-corrected chi connectivity index (χ0v) is 11.6. The molecule has 0 aliphatic carbocycles. The van der Waals surface area contributed by atoms with E-state index in [2.05, 4.69) is 29.1 Å². The first-order valence-corrected chi connectivity index (χ1v) is 6.52. The van der Waals surface area contributed by atoms with Crippen molar-refractivity contribution in [1.29, 1.82) is 0 Å². The molecule has 0 bridgehead atoms. The summed E-state index contributed by atoms with van der Waals surface area (Å²) < 4.78 is 0. The van der Waals surface area contributed by atoms with Crippen LogP contribution in [0.1, 0.15) is 24.2 Å². The van der Waals surface area contributed by atoms with Gasteiger partial charge in [0.15, 0.2) is 0 Å². The number of nitrogen functional groups attached to an aromatic ring is 1. The summed E-state index contributed by atoms with van der Waals surface area (Å²) >= 11 is 0. The molecule has 20 heavy (non-hydrogen) atoms. The molecule has 0 radical (unpaired) electrons. The number of hydrogen-bond acceptors (Lipinski definition) is 4. The smallest absolute Gasteiger partial charge is 0.251 e. The van der Waals surface area contributed by atoms with Gasteiger partial charge >= 0.3 is 0 Å². The maximum absolute atomic E-state index is 12.0. The third kappa shape index (κ3) is 3.54. The molecule has 0 aromatic carbocycles. The molecule has 2 aromatic heterocycles. The molecule has 2 aromatic rings. The molecular weight excluding hydrogens is 252 g/mol. The van der Waals surface area contributed by atoms with Crippen molar-refractivity contribution in [2.24, 2.45) is 5.92 Å². The Hall–Kier alpha value is -2.43. The molecule has 0 fully saturated rings.